The number of pyridine rings is 1. The first-order valence-corrected chi connectivity index (χ1v) is 12.1. The second-order valence-corrected chi connectivity index (χ2v) is 9.43. The van der Waals surface area contributed by atoms with Crippen LogP contribution in [0.2, 0.25) is 0 Å². The van der Waals surface area contributed by atoms with Crippen molar-refractivity contribution < 1.29 is 27.2 Å². The van der Waals surface area contributed by atoms with Gasteiger partial charge in [-0.1, -0.05) is 11.6 Å². The number of nitrogens with one attached hydrogen (secondary N) is 1. The molecule has 5 heterocycles. The van der Waals surface area contributed by atoms with Gasteiger partial charge in [0.25, 0.3) is 0 Å². The van der Waals surface area contributed by atoms with Crippen LogP contribution in [0.5, 0.6) is 5.88 Å². The molecule has 4 aromatic heterocycles. The van der Waals surface area contributed by atoms with Crippen LogP contribution in [-0.4, -0.2) is 55.1 Å². The van der Waals surface area contributed by atoms with E-state index >= 15 is 0 Å². The Morgan fingerprint density at radius 3 is 2.76 bits per heavy atom. The van der Waals surface area contributed by atoms with Crippen LogP contribution in [0.25, 0.3) is 17.0 Å². The van der Waals surface area contributed by atoms with E-state index in [4.69, 9.17) is 14.0 Å². The van der Waals surface area contributed by atoms with E-state index in [1.54, 1.807) is 0 Å². The fraction of sp³-hybridized carbons (Fsp3) is 0.458. The molecule has 2 aliphatic rings. The van der Waals surface area contributed by atoms with Crippen LogP contribution >= 0.6 is 0 Å². The molecular weight excluding hydrogens is 491 g/mol. The number of halogens is 3. The van der Waals surface area contributed by atoms with E-state index in [9.17, 15) is 13.2 Å². The number of hydrogen-bond acceptors (Lipinski definition) is 9. The van der Waals surface area contributed by atoms with Crippen LogP contribution in [-0.2, 0) is 10.9 Å². The maximum absolute atomic E-state index is 13.4. The molecule has 0 spiro atoms. The summed E-state index contributed by atoms with van der Waals surface area (Å²) in [4.78, 5) is 8.00. The van der Waals surface area contributed by atoms with Gasteiger partial charge in [0.2, 0.25) is 11.8 Å². The Hall–Kier alpha value is -3.74. The van der Waals surface area contributed by atoms with Crippen molar-refractivity contribution in [2.75, 3.05) is 18.5 Å². The lowest BCUT2D eigenvalue weighted by molar-refractivity contribution is -0.142. The van der Waals surface area contributed by atoms with Gasteiger partial charge in [-0.2, -0.15) is 18.2 Å². The number of anilines is 1. The van der Waals surface area contributed by atoms with E-state index in [0.29, 0.717) is 12.2 Å². The van der Waals surface area contributed by atoms with E-state index in [2.05, 4.69) is 30.6 Å². The maximum atomic E-state index is 13.4. The molecule has 6 rings (SSSR count). The molecule has 0 aromatic carbocycles. The number of alkyl halides is 3. The van der Waals surface area contributed by atoms with Crippen LogP contribution < -0.4 is 10.1 Å². The standard InChI is InChI=1S/C24H24F3N7O3/c1-13-7-19(37-33-13)15-5-6-20-31-32-21(34(20)10-15)14-3-2-4-16(8-14)29-23-28-9-18(24(25,26)27)22(30-23)36-17-11-35-12-17/h5-7,9-10,14,16-17H,2-4,8,11-12H2,1H3,(H,28,29,30)/t14-,16+/m0/s1. The molecule has 13 heteroatoms. The molecule has 4 aromatic rings. The smallest absolute Gasteiger partial charge is 0.423 e. The Morgan fingerprint density at radius 2 is 2.03 bits per heavy atom. The Kier molecular flexibility index (Phi) is 5.94. The normalized spacial score (nSPS) is 20.6. The summed E-state index contributed by atoms with van der Waals surface area (Å²) in [5.74, 6) is 1.19. The molecule has 0 unspecified atom stereocenters. The molecule has 2 fully saturated rings. The molecule has 37 heavy (non-hydrogen) atoms. The zero-order valence-corrected chi connectivity index (χ0v) is 19.9. The van der Waals surface area contributed by atoms with E-state index in [1.807, 2.05) is 35.7 Å². The predicted molar refractivity (Wildman–Crippen MR) is 124 cm³/mol. The molecule has 0 radical (unpaired) electrons. The van der Waals surface area contributed by atoms with Crippen LogP contribution in [0.15, 0.2) is 35.1 Å². The molecule has 1 aliphatic carbocycles. The third kappa shape index (κ3) is 4.82. The largest absolute Gasteiger partial charge is 0.469 e. The number of nitrogens with zero attached hydrogens (tertiary/aromatic N) is 6. The van der Waals surface area contributed by atoms with Crippen molar-refractivity contribution in [3.63, 3.8) is 0 Å². The minimum Gasteiger partial charge on any atom is -0.469 e. The highest BCUT2D eigenvalue weighted by molar-refractivity contribution is 5.59. The van der Waals surface area contributed by atoms with Crippen molar-refractivity contribution >= 4 is 11.6 Å². The van der Waals surface area contributed by atoms with Gasteiger partial charge in [0.1, 0.15) is 17.5 Å². The van der Waals surface area contributed by atoms with Gasteiger partial charge in [0.15, 0.2) is 11.4 Å². The van der Waals surface area contributed by atoms with Gasteiger partial charge in [-0.3, -0.25) is 4.40 Å². The highest BCUT2D eigenvalue weighted by atomic mass is 19.4. The molecule has 1 saturated carbocycles. The van der Waals surface area contributed by atoms with E-state index in [1.165, 1.54) is 0 Å². The van der Waals surface area contributed by atoms with Gasteiger partial charge >= 0.3 is 6.18 Å². The summed E-state index contributed by atoms with van der Waals surface area (Å²) in [6, 6.07) is 5.61. The van der Waals surface area contributed by atoms with Gasteiger partial charge in [-0.05, 0) is 38.3 Å². The summed E-state index contributed by atoms with van der Waals surface area (Å²) in [6.07, 6.45) is 0.978. The second kappa shape index (κ2) is 9.29. The first-order chi connectivity index (χ1) is 17.8. The first-order valence-electron chi connectivity index (χ1n) is 12.1. The van der Waals surface area contributed by atoms with Crippen molar-refractivity contribution in [2.45, 2.75) is 56.8 Å². The summed E-state index contributed by atoms with van der Waals surface area (Å²) in [5, 5.41) is 15.9. The minimum atomic E-state index is -4.62. The number of ether oxygens (including phenoxy) is 2. The Bertz CT molecular complexity index is 1420. The third-order valence-corrected chi connectivity index (χ3v) is 6.66. The molecule has 1 N–H and O–H groups in total. The average molecular weight is 515 g/mol. The lowest BCUT2D eigenvalue weighted by Gasteiger charge is -2.30. The molecule has 2 atom stereocenters. The Balaban J connectivity index is 1.21. The Labute approximate surface area is 209 Å². The van der Waals surface area contributed by atoms with Gasteiger partial charge in [0, 0.05) is 36.0 Å². The SMILES string of the molecule is Cc1cc(-c2ccc3nnc([C@H]4CCC[C@@H](Nc5ncc(C(F)(F)F)c(OC6COC6)n5)C4)n3c2)on1. The van der Waals surface area contributed by atoms with Gasteiger partial charge in [-0.25, -0.2) is 4.98 Å². The summed E-state index contributed by atoms with van der Waals surface area (Å²) < 4.78 is 58.2. The van der Waals surface area contributed by atoms with Crippen LogP contribution in [0, 0.1) is 6.92 Å². The van der Waals surface area contributed by atoms with Crippen LogP contribution in [0.3, 0.4) is 0 Å². The quantitative estimate of drug-likeness (QED) is 0.399. The number of rotatable bonds is 6. The summed E-state index contributed by atoms with van der Waals surface area (Å²) in [5.41, 5.74) is 1.37. The summed E-state index contributed by atoms with van der Waals surface area (Å²) in [7, 11) is 0. The fourth-order valence-electron chi connectivity index (χ4n) is 4.73. The van der Waals surface area contributed by atoms with Crippen molar-refractivity contribution in [1.29, 1.82) is 0 Å². The maximum Gasteiger partial charge on any atom is 0.423 e. The number of hydrogen-bond donors (Lipinski definition) is 1. The van der Waals surface area contributed by atoms with Crippen molar-refractivity contribution in [1.82, 2.24) is 29.7 Å². The molecule has 1 aliphatic heterocycles. The lowest BCUT2D eigenvalue weighted by Crippen LogP contribution is -2.39. The van der Waals surface area contributed by atoms with Crippen molar-refractivity contribution in [3.8, 4) is 17.2 Å². The molecule has 0 bridgehead atoms. The van der Waals surface area contributed by atoms with Crippen LogP contribution in [0.1, 0.15) is 48.7 Å². The zero-order valence-electron chi connectivity index (χ0n) is 19.9. The number of aryl methyl sites for hydroxylation is 1. The molecule has 1 saturated heterocycles. The first kappa shape index (κ1) is 23.6. The molecule has 0 amide bonds. The Morgan fingerprint density at radius 1 is 1.16 bits per heavy atom. The monoisotopic (exact) mass is 515 g/mol. The summed E-state index contributed by atoms with van der Waals surface area (Å²) in [6.45, 7) is 2.33. The molecular formula is C24H24F3N7O3. The van der Waals surface area contributed by atoms with E-state index < -0.39 is 23.7 Å². The third-order valence-electron chi connectivity index (χ3n) is 6.66. The van der Waals surface area contributed by atoms with E-state index in [0.717, 1.165) is 48.2 Å². The number of aromatic nitrogens is 6. The fourth-order valence-corrected chi connectivity index (χ4v) is 4.73. The van der Waals surface area contributed by atoms with Gasteiger partial charge < -0.3 is 19.3 Å². The lowest BCUT2D eigenvalue weighted by atomic mass is 9.85. The van der Waals surface area contributed by atoms with Gasteiger partial charge in [-0.15, -0.1) is 10.2 Å². The number of fused-ring (bicyclic) bond motifs is 1. The van der Waals surface area contributed by atoms with Gasteiger partial charge in [0.05, 0.1) is 18.9 Å². The summed E-state index contributed by atoms with van der Waals surface area (Å²) >= 11 is 0. The van der Waals surface area contributed by atoms with Crippen molar-refractivity contribution in [3.05, 3.63) is 47.7 Å². The topological polar surface area (TPSA) is 112 Å². The second-order valence-electron chi connectivity index (χ2n) is 9.43. The average Bonchev–Trinajstić information content (AvgIpc) is 3.47. The molecule has 194 valence electrons. The predicted octanol–water partition coefficient (Wildman–Crippen LogP) is 4.42. The zero-order chi connectivity index (χ0) is 25.6. The van der Waals surface area contributed by atoms with E-state index in [-0.39, 0.29) is 31.1 Å². The highest BCUT2D eigenvalue weighted by Gasteiger charge is 2.38. The van der Waals surface area contributed by atoms with Crippen molar-refractivity contribution in [2.24, 2.45) is 0 Å². The van der Waals surface area contributed by atoms with Crippen LogP contribution in [0.4, 0.5) is 19.1 Å². The molecule has 10 nitrogen and oxygen atoms in total. The highest BCUT2D eigenvalue weighted by Crippen LogP contribution is 2.37. The minimum absolute atomic E-state index is 0.0529.